The van der Waals surface area contributed by atoms with Crippen LogP contribution in [0.1, 0.15) is 25.1 Å². The Labute approximate surface area is 123 Å². The van der Waals surface area contributed by atoms with Crippen molar-refractivity contribution in [3.63, 3.8) is 0 Å². The van der Waals surface area contributed by atoms with Crippen molar-refractivity contribution in [2.45, 2.75) is 27.2 Å². The predicted octanol–water partition coefficient (Wildman–Crippen LogP) is 3.35. The van der Waals surface area contributed by atoms with Crippen LogP contribution in [-0.2, 0) is 6.42 Å². The summed E-state index contributed by atoms with van der Waals surface area (Å²) in [7, 11) is 0. The fourth-order valence-electron chi connectivity index (χ4n) is 2.19. The number of nitro groups is 1. The third-order valence-electron chi connectivity index (χ3n) is 3.27. The van der Waals surface area contributed by atoms with E-state index in [1.54, 1.807) is 18.2 Å². The molecule has 0 radical (unpaired) electrons. The first kappa shape index (κ1) is 14.9. The first-order valence-corrected chi connectivity index (χ1v) is 6.93. The molecule has 1 N–H and O–H groups in total. The molecule has 0 fully saturated rings. The van der Waals surface area contributed by atoms with Crippen molar-refractivity contribution in [2.75, 3.05) is 11.9 Å². The van der Waals surface area contributed by atoms with Crippen LogP contribution in [0.4, 0.5) is 11.5 Å². The molecule has 6 nitrogen and oxygen atoms in total. The molecule has 0 amide bonds. The summed E-state index contributed by atoms with van der Waals surface area (Å²) in [6.45, 7) is 6.68. The average molecular weight is 286 g/mol. The first-order chi connectivity index (χ1) is 10.1. The molecule has 21 heavy (non-hydrogen) atoms. The third-order valence-corrected chi connectivity index (χ3v) is 3.27. The molecule has 0 unspecified atom stereocenters. The number of nitro benzene ring substituents is 1. The van der Waals surface area contributed by atoms with Gasteiger partial charge in [-0.1, -0.05) is 19.1 Å². The normalized spacial score (nSPS) is 10.4. The maximum Gasteiger partial charge on any atom is 0.280 e. The highest BCUT2D eigenvalue weighted by atomic mass is 16.6. The molecule has 0 aliphatic heterocycles. The van der Waals surface area contributed by atoms with Crippen LogP contribution < -0.4 is 5.32 Å². The van der Waals surface area contributed by atoms with E-state index in [9.17, 15) is 10.1 Å². The SMILES string of the molecule is CCNc1nc(-c2ccccc2[N+](=O)[O-])nc(CC)c1C. The topological polar surface area (TPSA) is 81.0 Å². The van der Waals surface area contributed by atoms with Crippen LogP contribution in [0.25, 0.3) is 11.4 Å². The Balaban J connectivity index is 2.64. The van der Waals surface area contributed by atoms with Crippen LogP contribution in [0.2, 0.25) is 0 Å². The molecule has 110 valence electrons. The van der Waals surface area contributed by atoms with Crippen LogP contribution in [0, 0.1) is 17.0 Å². The minimum atomic E-state index is -0.406. The van der Waals surface area contributed by atoms with Crippen molar-refractivity contribution in [3.8, 4) is 11.4 Å². The fourth-order valence-corrected chi connectivity index (χ4v) is 2.19. The van der Waals surface area contributed by atoms with Crippen molar-refractivity contribution >= 4 is 11.5 Å². The molecule has 0 atom stereocenters. The zero-order chi connectivity index (χ0) is 15.4. The Morgan fingerprint density at radius 3 is 2.57 bits per heavy atom. The Morgan fingerprint density at radius 1 is 1.24 bits per heavy atom. The van der Waals surface area contributed by atoms with E-state index < -0.39 is 4.92 Å². The van der Waals surface area contributed by atoms with Gasteiger partial charge in [-0.15, -0.1) is 0 Å². The van der Waals surface area contributed by atoms with Crippen molar-refractivity contribution < 1.29 is 4.92 Å². The maximum absolute atomic E-state index is 11.2. The number of benzene rings is 1. The van der Waals surface area contributed by atoms with Gasteiger partial charge < -0.3 is 5.32 Å². The highest BCUT2D eigenvalue weighted by Gasteiger charge is 2.19. The fraction of sp³-hybridized carbons (Fsp3) is 0.333. The zero-order valence-electron chi connectivity index (χ0n) is 12.4. The van der Waals surface area contributed by atoms with Gasteiger partial charge in [0.1, 0.15) is 5.82 Å². The van der Waals surface area contributed by atoms with Gasteiger partial charge in [0.25, 0.3) is 5.69 Å². The lowest BCUT2D eigenvalue weighted by Gasteiger charge is -2.12. The minimum Gasteiger partial charge on any atom is -0.370 e. The van der Waals surface area contributed by atoms with Gasteiger partial charge in [-0.25, -0.2) is 9.97 Å². The molecule has 1 aromatic carbocycles. The van der Waals surface area contributed by atoms with Crippen LogP contribution in [0.5, 0.6) is 0 Å². The van der Waals surface area contributed by atoms with E-state index in [1.807, 2.05) is 20.8 Å². The molecular formula is C15H18N4O2. The molecule has 0 bridgehead atoms. The van der Waals surface area contributed by atoms with Gasteiger partial charge in [-0.05, 0) is 26.3 Å². The summed E-state index contributed by atoms with van der Waals surface area (Å²) in [5, 5.41) is 14.3. The van der Waals surface area contributed by atoms with Crippen molar-refractivity contribution in [2.24, 2.45) is 0 Å². The predicted molar refractivity (Wildman–Crippen MR) is 82.4 cm³/mol. The minimum absolute atomic E-state index is 0.0193. The first-order valence-electron chi connectivity index (χ1n) is 6.93. The smallest absolute Gasteiger partial charge is 0.280 e. The van der Waals surface area contributed by atoms with E-state index >= 15 is 0 Å². The van der Waals surface area contributed by atoms with E-state index in [0.717, 1.165) is 30.0 Å². The Morgan fingerprint density at radius 2 is 1.95 bits per heavy atom. The summed E-state index contributed by atoms with van der Waals surface area (Å²) < 4.78 is 0. The third kappa shape index (κ3) is 2.99. The quantitative estimate of drug-likeness (QED) is 0.673. The number of aryl methyl sites for hydroxylation is 1. The van der Waals surface area contributed by atoms with Crippen LogP contribution >= 0.6 is 0 Å². The highest BCUT2D eigenvalue weighted by Crippen LogP contribution is 2.29. The second-order valence-electron chi connectivity index (χ2n) is 4.63. The van der Waals surface area contributed by atoms with Crippen molar-refractivity contribution in [1.29, 1.82) is 0 Å². The lowest BCUT2D eigenvalue weighted by Crippen LogP contribution is -2.08. The second-order valence-corrected chi connectivity index (χ2v) is 4.63. The zero-order valence-corrected chi connectivity index (χ0v) is 12.4. The molecule has 1 aromatic heterocycles. The standard InChI is InChI=1S/C15H18N4O2/c1-4-12-10(3)14(16-5-2)18-15(17-12)11-8-6-7-9-13(11)19(20)21/h6-9H,4-5H2,1-3H3,(H,16,17,18). The number of para-hydroxylation sites is 1. The number of anilines is 1. The molecule has 6 heteroatoms. The summed E-state index contributed by atoms with van der Waals surface area (Å²) in [4.78, 5) is 19.7. The van der Waals surface area contributed by atoms with Crippen LogP contribution in [-0.4, -0.2) is 21.4 Å². The lowest BCUT2D eigenvalue weighted by molar-refractivity contribution is -0.384. The van der Waals surface area contributed by atoms with Gasteiger partial charge in [0.15, 0.2) is 5.82 Å². The van der Waals surface area contributed by atoms with E-state index in [2.05, 4.69) is 15.3 Å². The Kier molecular flexibility index (Phi) is 4.47. The number of nitrogens with zero attached hydrogens (tertiary/aromatic N) is 3. The van der Waals surface area contributed by atoms with Gasteiger partial charge in [0.2, 0.25) is 0 Å². The molecule has 0 saturated heterocycles. The van der Waals surface area contributed by atoms with Crippen LogP contribution in [0.15, 0.2) is 24.3 Å². The van der Waals surface area contributed by atoms with Gasteiger partial charge in [0.05, 0.1) is 10.5 Å². The summed E-state index contributed by atoms with van der Waals surface area (Å²) in [5.41, 5.74) is 2.35. The highest BCUT2D eigenvalue weighted by molar-refractivity contribution is 5.69. The average Bonchev–Trinajstić information content (AvgIpc) is 2.49. The van der Waals surface area contributed by atoms with Crippen LogP contribution in [0.3, 0.4) is 0 Å². The largest absolute Gasteiger partial charge is 0.370 e. The summed E-state index contributed by atoms with van der Waals surface area (Å²) in [5.74, 6) is 1.12. The van der Waals surface area contributed by atoms with Crippen molar-refractivity contribution in [3.05, 3.63) is 45.6 Å². The van der Waals surface area contributed by atoms with Gasteiger partial charge in [-0.2, -0.15) is 0 Å². The number of nitrogens with one attached hydrogen (secondary N) is 1. The maximum atomic E-state index is 11.2. The van der Waals surface area contributed by atoms with E-state index in [0.29, 0.717) is 11.4 Å². The van der Waals surface area contributed by atoms with E-state index in [-0.39, 0.29) is 5.69 Å². The van der Waals surface area contributed by atoms with Gasteiger partial charge in [-0.3, -0.25) is 10.1 Å². The number of rotatable bonds is 5. The summed E-state index contributed by atoms with van der Waals surface area (Å²) in [6, 6.07) is 6.54. The molecule has 1 heterocycles. The molecule has 0 aliphatic carbocycles. The number of hydrogen-bond donors (Lipinski definition) is 1. The molecule has 2 aromatic rings. The summed E-state index contributed by atoms with van der Waals surface area (Å²) in [6.07, 6.45) is 0.750. The molecule has 0 spiro atoms. The summed E-state index contributed by atoms with van der Waals surface area (Å²) >= 11 is 0. The van der Waals surface area contributed by atoms with Gasteiger partial charge in [0, 0.05) is 23.9 Å². The van der Waals surface area contributed by atoms with Crippen molar-refractivity contribution in [1.82, 2.24) is 9.97 Å². The number of hydrogen-bond acceptors (Lipinski definition) is 5. The van der Waals surface area contributed by atoms with E-state index in [1.165, 1.54) is 6.07 Å². The Hall–Kier alpha value is -2.50. The second kappa shape index (κ2) is 6.30. The van der Waals surface area contributed by atoms with E-state index in [4.69, 9.17) is 0 Å². The number of aromatic nitrogens is 2. The molecular weight excluding hydrogens is 268 g/mol. The molecule has 0 aliphatic rings. The molecule has 0 saturated carbocycles. The monoisotopic (exact) mass is 286 g/mol. The van der Waals surface area contributed by atoms with Gasteiger partial charge >= 0.3 is 0 Å². The molecule has 2 rings (SSSR count). The Bertz CT molecular complexity index is 671. The lowest BCUT2D eigenvalue weighted by atomic mass is 10.1.